The van der Waals surface area contributed by atoms with Crippen molar-refractivity contribution in [1.82, 2.24) is 10.4 Å². The lowest BCUT2D eigenvalue weighted by atomic mass is 10.1. The SMILES string of the molecule is COCc1cc(C)nc(OCC(=O)N/N=C\c2ccc(OCC(=O)Nc3cccc(C)c3)c(OC)c2)c1C#N. The van der Waals surface area contributed by atoms with Crippen molar-refractivity contribution in [2.24, 2.45) is 5.10 Å². The number of nitrogens with zero attached hydrogens (tertiary/aromatic N) is 3. The van der Waals surface area contributed by atoms with Crippen LogP contribution in [0.15, 0.2) is 53.6 Å². The molecule has 2 aromatic carbocycles. The topological polar surface area (TPSA) is 144 Å². The third-order valence-corrected chi connectivity index (χ3v) is 5.20. The van der Waals surface area contributed by atoms with Crippen LogP contribution in [0.4, 0.5) is 5.69 Å². The number of rotatable bonds is 12. The van der Waals surface area contributed by atoms with Gasteiger partial charge in [0.1, 0.15) is 11.6 Å². The number of amides is 2. The van der Waals surface area contributed by atoms with Gasteiger partial charge >= 0.3 is 0 Å². The van der Waals surface area contributed by atoms with Gasteiger partial charge in [-0.15, -0.1) is 0 Å². The predicted molar refractivity (Wildman–Crippen MR) is 144 cm³/mol. The summed E-state index contributed by atoms with van der Waals surface area (Å²) in [7, 11) is 2.99. The van der Waals surface area contributed by atoms with Crippen LogP contribution in [-0.4, -0.2) is 50.4 Å². The minimum atomic E-state index is -0.543. The normalized spacial score (nSPS) is 10.5. The average Bonchev–Trinajstić information content (AvgIpc) is 2.91. The van der Waals surface area contributed by atoms with Gasteiger partial charge in [0.15, 0.2) is 24.7 Å². The molecule has 0 radical (unpaired) electrons. The van der Waals surface area contributed by atoms with Crippen molar-refractivity contribution >= 4 is 23.7 Å². The number of hydrazone groups is 1. The molecule has 0 fully saturated rings. The molecule has 0 aliphatic carbocycles. The van der Waals surface area contributed by atoms with E-state index >= 15 is 0 Å². The molecule has 0 aliphatic heterocycles. The number of aryl methyl sites for hydroxylation is 2. The Morgan fingerprint density at radius 1 is 1.03 bits per heavy atom. The molecule has 0 bridgehead atoms. The van der Waals surface area contributed by atoms with Gasteiger partial charge in [0.2, 0.25) is 5.88 Å². The van der Waals surface area contributed by atoms with E-state index in [1.165, 1.54) is 20.4 Å². The second-order valence-corrected chi connectivity index (χ2v) is 8.35. The lowest BCUT2D eigenvalue weighted by molar-refractivity contribution is -0.123. The highest BCUT2D eigenvalue weighted by Gasteiger charge is 2.14. The van der Waals surface area contributed by atoms with Crippen molar-refractivity contribution in [2.75, 3.05) is 32.8 Å². The highest BCUT2D eigenvalue weighted by Crippen LogP contribution is 2.27. The molecule has 2 N–H and O–H groups in total. The van der Waals surface area contributed by atoms with Gasteiger partial charge in [-0.3, -0.25) is 9.59 Å². The highest BCUT2D eigenvalue weighted by atomic mass is 16.5. The quantitative estimate of drug-likeness (QED) is 0.268. The third kappa shape index (κ3) is 8.55. The van der Waals surface area contributed by atoms with Crippen LogP contribution in [-0.2, 0) is 20.9 Å². The van der Waals surface area contributed by atoms with E-state index in [-0.39, 0.29) is 30.6 Å². The van der Waals surface area contributed by atoms with E-state index in [0.717, 1.165) is 5.56 Å². The molecule has 0 aliphatic rings. The Kier molecular flexibility index (Phi) is 10.4. The van der Waals surface area contributed by atoms with Gasteiger partial charge in [-0.1, -0.05) is 12.1 Å². The molecule has 11 nitrogen and oxygen atoms in total. The maximum Gasteiger partial charge on any atom is 0.278 e. The maximum atomic E-state index is 12.2. The van der Waals surface area contributed by atoms with E-state index in [1.54, 1.807) is 37.3 Å². The third-order valence-electron chi connectivity index (χ3n) is 5.20. The molecule has 2 amide bonds. The van der Waals surface area contributed by atoms with E-state index in [4.69, 9.17) is 18.9 Å². The van der Waals surface area contributed by atoms with Gasteiger partial charge in [-0.25, -0.2) is 10.4 Å². The standard InChI is InChI=1S/C28H29N5O6/c1-18-6-5-7-22(10-18)32-26(34)16-38-24-9-8-20(12-25(24)37-4)14-30-33-27(35)17-39-28-23(13-29)21(15-36-3)11-19(2)31-28/h5-12,14H,15-17H2,1-4H3,(H,32,34)(H,33,35)/b30-14-. The fourth-order valence-corrected chi connectivity index (χ4v) is 3.50. The number of carbonyl (C=O) groups excluding carboxylic acids is 2. The summed E-state index contributed by atoms with van der Waals surface area (Å²) < 4.78 is 21.5. The fourth-order valence-electron chi connectivity index (χ4n) is 3.50. The Labute approximate surface area is 226 Å². The number of nitriles is 1. The zero-order chi connectivity index (χ0) is 28.2. The number of carbonyl (C=O) groups is 2. The van der Waals surface area contributed by atoms with Gasteiger partial charge < -0.3 is 24.3 Å². The summed E-state index contributed by atoms with van der Waals surface area (Å²) in [5.74, 6) is -0.0394. The number of nitrogens with one attached hydrogen (secondary N) is 2. The Balaban J connectivity index is 1.53. The molecule has 39 heavy (non-hydrogen) atoms. The first-order valence-corrected chi connectivity index (χ1v) is 11.8. The van der Waals surface area contributed by atoms with Crippen molar-refractivity contribution < 1.29 is 28.5 Å². The first-order valence-electron chi connectivity index (χ1n) is 11.8. The number of anilines is 1. The number of hydrogen-bond acceptors (Lipinski definition) is 9. The Morgan fingerprint density at radius 2 is 1.82 bits per heavy atom. The van der Waals surface area contributed by atoms with Gasteiger partial charge in [-0.05, 0) is 61.4 Å². The maximum absolute atomic E-state index is 12.2. The van der Waals surface area contributed by atoms with Crippen LogP contribution in [0, 0.1) is 25.2 Å². The first kappa shape index (κ1) is 28.6. The predicted octanol–water partition coefficient (Wildman–Crippen LogP) is 3.27. The first-order chi connectivity index (χ1) is 18.8. The monoisotopic (exact) mass is 531 g/mol. The summed E-state index contributed by atoms with van der Waals surface area (Å²) in [5, 5.41) is 16.2. The van der Waals surface area contributed by atoms with Gasteiger partial charge in [0, 0.05) is 24.1 Å². The van der Waals surface area contributed by atoms with E-state index in [9.17, 15) is 14.9 Å². The summed E-state index contributed by atoms with van der Waals surface area (Å²) in [6.07, 6.45) is 1.41. The number of aromatic nitrogens is 1. The molecule has 1 aromatic heterocycles. The number of ether oxygens (including phenoxy) is 4. The van der Waals surface area contributed by atoms with Crippen LogP contribution in [0.2, 0.25) is 0 Å². The highest BCUT2D eigenvalue weighted by molar-refractivity contribution is 5.92. The number of hydrogen-bond donors (Lipinski definition) is 2. The van der Waals surface area contributed by atoms with Crippen LogP contribution in [0.25, 0.3) is 0 Å². The summed E-state index contributed by atoms with van der Waals surface area (Å²) >= 11 is 0. The molecular formula is C28H29N5O6. The molecule has 0 unspecified atom stereocenters. The Bertz CT molecular complexity index is 1400. The largest absolute Gasteiger partial charge is 0.493 e. The van der Waals surface area contributed by atoms with E-state index in [0.29, 0.717) is 34.0 Å². The molecule has 0 saturated heterocycles. The van der Waals surface area contributed by atoms with Crippen molar-refractivity contribution in [2.45, 2.75) is 20.5 Å². The number of methoxy groups -OCH3 is 2. The van der Waals surface area contributed by atoms with E-state index in [1.807, 2.05) is 31.2 Å². The van der Waals surface area contributed by atoms with Crippen LogP contribution in [0.3, 0.4) is 0 Å². The van der Waals surface area contributed by atoms with Gasteiger partial charge in [0.05, 0.1) is 19.9 Å². The summed E-state index contributed by atoms with van der Waals surface area (Å²) in [4.78, 5) is 28.6. The lowest BCUT2D eigenvalue weighted by Crippen LogP contribution is -2.25. The summed E-state index contributed by atoms with van der Waals surface area (Å²) in [5.41, 5.74) is 6.14. The lowest BCUT2D eigenvalue weighted by Gasteiger charge is -2.12. The fraction of sp³-hybridized carbons (Fsp3) is 0.250. The average molecular weight is 532 g/mol. The minimum Gasteiger partial charge on any atom is -0.493 e. The molecule has 11 heteroatoms. The van der Waals surface area contributed by atoms with Crippen molar-refractivity contribution in [3.05, 3.63) is 76.5 Å². The van der Waals surface area contributed by atoms with E-state index < -0.39 is 12.5 Å². The summed E-state index contributed by atoms with van der Waals surface area (Å²) in [6, 6.07) is 16.2. The van der Waals surface area contributed by atoms with Crippen LogP contribution in [0.5, 0.6) is 17.4 Å². The van der Waals surface area contributed by atoms with Crippen LogP contribution >= 0.6 is 0 Å². The molecule has 202 valence electrons. The van der Waals surface area contributed by atoms with E-state index in [2.05, 4.69) is 20.8 Å². The minimum absolute atomic E-state index is 0.0524. The smallest absolute Gasteiger partial charge is 0.278 e. The Morgan fingerprint density at radius 3 is 2.54 bits per heavy atom. The van der Waals surface area contributed by atoms with Gasteiger partial charge in [-0.2, -0.15) is 10.4 Å². The second-order valence-electron chi connectivity index (χ2n) is 8.35. The van der Waals surface area contributed by atoms with Crippen molar-refractivity contribution in [1.29, 1.82) is 5.26 Å². The molecule has 1 heterocycles. The molecule has 0 saturated carbocycles. The van der Waals surface area contributed by atoms with Gasteiger partial charge in [0.25, 0.3) is 11.8 Å². The second kappa shape index (κ2) is 14.1. The molecule has 0 spiro atoms. The zero-order valence-electron chi connectivity index (χ0n) is 22.1. The van der Waals surface area contributed by atoms with Crippen LogP contribution in [0.1, 0.15) is 27.9 Å². The molecule has 3 rings (SSSR count). The Hall–Kier alpha value is -4.95. The van der Waals surface area contributed by atoms with Crippen molar-refractivity contribution in [3.63, 3.8) is 0 Å². The zero-order valence-corrected chi connectivity index (χ0v) is 22.1. The number of pyridine rings is 1. The number of benzene rings is 2. The molecule has 0 atom stereocenters. The molecule has 3 aromatic rings. The summed E-state index contributed by atoms with van der Waals surface area (Å²) in [6.45, 7) is 3.31. The molecular weight excluding hydrogens is 502 g/mol. The van der Waals surface area contributed by atoms with Crippen LogP contribution < -0.4 is 25.0 Å². The van der Waals surface area contributed by atoms with Crippen molar-refractivity contribution in [3.8, 4) is 23.4 Å².